The molecule has 3 nitrogen and oxygen atoms in total. The van der Waals surface area contributed by atoms with Crippen LogP contribution in [0.1, 0.15) is 32.8 Å². The smallest absolute Gasteiger partial charge is 0.228 e. The molecule has 0 aliphatic heterocycles. The Kier molecular flexibility index (Phi) is 5.06. The van der Waals surface area contributed by atoms with E-state index in [1.807, 2.05) is 0 Å². The van der Waals surface area contributed by atoms with E-state index in [2.05, 4.69) is 26.1 Å². The summed E-state index contributed by atoms with van der Waals surface area (Å²) in [7, 11) is 0. The number of nitrogens with one attached hydrogen (secondary N) is 1. The molecule has 4 heteroatoms. The van der Waals surface area contributed by atoms with Crippen LogP contribution in [0.4, 0.5) is 10.1 Å². The highest BCUT2D eigenvalue weighted by Gasteiger charge is 2.24. The largest absolute Gasteiger partial charge is 0.330 e. The molecule has 1 aromatic rings. The van der Waals surface area contributed by atoms with Crippen molar-refractivity contribution in [3.63, 3.8) is 0 Å². The van der Waals surface area contributed by atoms with Crippen molar-refractivity contribution in [3.05, 3.63) is 29.6 Å². The maximum Gasteiger partial charge on any atom is 0.228 e. The third-order valence-corrected chi connectivity index (χ3v) is 2.98. The third kappa shape index (κ3) is 4.63. The Morgan fingerprint density at radius 1 is 1.42 bits per heavy atom. The van der Waals surface area contributed by atoms with Crippen LogP contribution >= 0.6 is 0 Å². The maximum atomic E-state index is 13.7. The minimum Gasteiger partial charge on any atom is -0.330 e. The van der Waals surface area contributed by atoms with E-state index in [0.29, 0.717) is 12.0 Å². The van der Waals surface area contributed by atoms with E-state index < -0.39 is 5.82 Å². The van der Waals surface area contributed by atoms with Crippen molar-refractivity contribution in [3.8, 4) is 0 Å². The maximum absolute atomic E-state index is 13.7. The molecule has 0 aliphatic rings. The number of hydrogen-bond donors (Lipinski definition) is 2. The summed E-state index contributed by atoms with van der Waals surface area (Å²) in [6.45, 7) is 8.18. The number of carbonyl (C=O) groups is 1. The molecule has 0 aliphatic carbocycles. The van der Waals surface area contributed by atoms with Crippen LogP contribution in [-0.4, -0.2) is 12.5 Å². The molecule has 3 N–H and O–H groups in total. The number of hydrogen-bond acceptors (Lipinski definition) is 2. The molecule has 0 fully saturated rings. The van der Waals surface area contributed by atoms with Gasteiger partial charge in [0.05, 0.1) is 11.6 Å². The van der Waals surface area contributed by atoms with E-state index in [1.165, 1.54) is 6.07 Å². The fraction of sp³-hybridized carbons (Fsp3) is 0.533. The molecule has 1 amide bonds. The van der Waals surface area contributed by atoms with Crippen LogP contribution in [0.25, 0.3) is 0 Å². The number of carbonyl (C=O) groups excluding carboxylic acids is 1. The molecule has 0 spiro atoms. The van der Waals surface area contributed by atoms with Crippen molar-refractivity contribution in [1.82, 2.24) is 0 Å². The van der Waals surface area contributed by atoms with Gasteiger partial charge < -0.3 is 11.1 Å². The molecule has 1 rings (SSSR count). The molecule has 0 radical (unpaired) electrons. The lowest BCUT2D eigenvalue weighted by Gasteiger charge is -2.24. The average Bonchev–Trinajstić information content (AvgIpc) is 2.29. The molecule has 0 saturated carbocycles. The van der Waals surface area contributed by atoms with Gasteiger partial charge in [-0.2, -0.15) is 0 Å². The van der Waals surface area contributed by atoms with Crippen LogP contribution < -0.4 is 11.1 Å². The number of aryl methyl sites for hydroxylation is 1. The van der Waals surface area contributed by atoms with E-state index in [-0.39, 0.29) is 29.5 Å². The minimum atomic E-state index is -0.417. The standard InChI is InChI=1S/C15H23FN2O/c1-10-6-5-7-12(16)13(10)18-14(19)11(9-17)8-15(2,3)4/h5-7,11H,8-9,17H2,1-4H3,(H,18,19). The van der Waals surface area contributed by atoms with E-state index in [4.69, 9.17) is 5.73 Å². The first-order valence-corrected chi connectivity index (χ1v) is 6.50. The predicted octanol–water partition coefficient (Wildman–Crippen LogP) is 3.08. The summed E-state index contributed by atoms with van der Waals surface area (Å²) >= 11 is 0. The van der Waals surface area contributed by atoms with E-state index in [9.17, 15) is 9.18 Å². The monoisotopic (exact) mass is 266 g/mol. The number of anilines is 1. The summed E-state index contributed by atoms with van der Waals surface area (Å²) < 4.78 is 13.7. The van der Waals surface area contributed by atoms with E-state index in [0.717, 1.165) is 0 Å². The van der Waals surface area contributed by atoms with Crippen LogP contribution in [0.5, 0.6) is 0 Å². The van der Waals surface area contributed by atoms with Gasteiger partial charge in [0.1, 0.15) is 5.82 Å². The van der Waals surface area contributed by atoms with Crippen molar-refractivity contribution >= 4 is 11.6 Å². The summed E-state index contributed by atoms with van der Waals surface area (Å²) in [6, 6.07) is 4.72. The number of halogens is 1. The van der Waals surface area contributed by atoms with Gasteiger partial charge in [-0.3, -0.25) is 4.79 Å². The Balaban J connectivity index is 2.83. The average molecular weight is 266 g/mol. The van der Waals surface area contributed by atoms with Crippen LogP contribution in [0.3, 0.4) is 0 Å². The zero-order valence-electron chi connectivity index (χ0n) is 12.1. The van der Waals surface area contributed by atoms with Crippen LogP contribution in [0, 0.1) is 24.1 Å². The SMILES string of the molecule is Cc1cccc(F)c1NC(=O)C(CN)CC(C)(C)C. The Labute approximate surface area is 114 Å². The Bertz CT molecular complexity index is 432. The zero-order chi connectivity index (χ0) is 14.6. The fourth-order valence-electron chi connectivity index (χ4n) is 2.04. The summed E-state index contributed by atoms with van der Waals surface area (Å²) in [5.74, 6) is -0.940. The highest BCUT2D eigenvalue weighted by atomic mass is 19.1. The molecule has 0 aromatic heterocycles. The first kappa shape index (κ1) is 15.6. The lowest BCUT2D eigenvalue weighted by atomic mass is 9.84. The zero-order valence-corrected chi connectivity index (χ0v) is 12.1. The third-order valence-electron chi connectivity index (χ3n) is 2.98. The first-order valence-electron chi connectivity index (χ1n) is 6.50. The quantitative estimate of drug-likeness (QED) is 0.880. The van der Waals surface area contributed by atoms with E-state index >= 15 is 0 Å². The lowest BCUT2D eigenvalue weighted by molar-refractivity contribution is -0.120. The van der Waals surface area contributed by atoms with Gasteiger partial charge in [0.15, 0.2) is 0 Å². The van der Waals surface area contributed by atoms with Gasteiger partial charge in [-0.25, -0.2) is 4.39 Å². The second-order valence-electron chi connectivity index (χ2n) is 6.12. The highest BCUT2D eigenvalue weighted by molar-refractivity contribution is 5.93. The highest BCUT2D eigenvalue weighted by Crippen LogP contribution is 2.26. The molecular weight excluding hydrogens is 243 g/mol. The van der Waals surface area contributed by atoms with Crippen molar-refractivity contribution < 1.29 is 9.18 Å². The van der Waals surface area contributed by atoms with Crippen LogP contribution in [-0.2, 0) is 4.79 Å². The van der Waals surface area contributed by atoms with Gasteiger partial charge in [-0.05, 0) is 30.4 Å². The minimum absolute atomic E-state index is 0.00561. The number of nitrogens with two attached hydrogens (primary N) is 1. The molecule has 106 valence electrons. The van der Waals surface area contributed by atoms with Gasteiger partial charge >= 0.3 is 0 Å². The molecule has 0 heterocycles. The van der Waals surface area contributed by atoms with Gasteiger partial charge in [-0.15, -0.1) is 0 Å². The number of rotatable bonds is 4. The van der Waals surface area contributed by atoms with Gasteiger partial charge in [0.2, 0.25) is 5.91 Å². The van der Waals surface area contributed by atoms with Gasteiger partial charge in [0.25, 0.3) is 0 Å². The topological polar surface area (TPSA) is 55.1 Å². The molecule has 1 unspecified atom stereocenters. The lowest BCUT2D eigenvalue weighted by Crippen LogP contribution is -2.32. The second-order valence-corrected chi connectivity index (χ2v) is 6.12. The molecular formula is C15H23FN2O. The van der Waals surface area contributed by atoms with Crippen LogP contribution in [0.2, 0.25) is 0 Å². The van der Waals surface area contributed by atoms with Crippen molar-refractivity contribution in [2.45, 2.75) is 34.1 Å². The normalized spacial score (nSPS) is 13.2. The summed E-state index contributed by atoms with van der Waals surface area (Å²) in [5.41, 5.74) is 6.62. The number of para-hydroxylation sites is 1. The summed E-state index contributed by atoms with van der Waals surface area (Å²) in [6.07, 6.45) is 0.669. The van der Waals surface area contributed by atoms with Gasteiger partial charge in [-0.1, -0.05) is 32.9 Å². The second kappa shape index (κ2) is 6.15. The molecule has 1 atom stereocenters. The molecule has 19 heavy (non-hydrogen) atoms. The molecule has 1 aromatic carbocycles. The molecule has 0 bridgehead atoms. The Morgan fingerprint density at radius 3 is 2.53 bits per heavy atom. The van der Waals surface area contributed by atoms with Crippen molar-refractivity contribution in [2.75, 3.05) is 11.9 Å². The predicted molar refractivity (Wildman–Crippen MR) is 76.4 cm³/mol. The Morgan fingerprint density at radius 2 is 2.05 bits per heavy atom. The molecule has 0 saturated heterocycles. The fourth-order valence-corrected chi connectivity index (χ4v) is 2.04. The summed E-state index contributed by atoms with van der Waals surface area (Å²) in [5, 5.41) is 2.66. The van der Waals surface area contributed by atoms with Crippen molar-refractivity contribution in [2.24, 2.45) is 17.1 Å². The number of amides is 1. The van der Waals surface area contributed by atoms with E-state index in [1.54, 1.807) is 19.1 Å². The van der Waals surface area contributed by atoms with Gasteiger partial charge in [0, 0.05) is 6.54 Å². The van der Waals surface area contributed by atoms with Crippen LogP contribution in [0.15, 0.2) is 18.2 Å². The number of benzene rings is 1. The Hall–Kier alpha value is -1.42. The summed E-state index contributed by atoms with van der Waals surface area (Å²) in [4.78, 5) is 12.2. The first-order chi connectivity index (χ1) is 8.74. The van der Waals surface area contributed by atoms with Crippen molar-refractivity contribution in [1.29, 1.82) is 0 Å².